The first-order chi connectivity index (χ1) is 13.4. The molecule has 2 heterocycles. The van der Waals surface area contributed by atoms with Crippen LogP contribution >= 0.6 is 0 Å². The van der Waals surface area contributed by atoms with E-state index >= 15 is 0 Å². The Morgan fingerprint density at radius 3 is 2.21 bits per heavy atom. The van der Waals surface area contributed by atoms with Crippen molar-refractivity contribution in [3.63, 3.8) is 0 Å². The number of anilines is 1. The van der Waals surface area contributed by atoms with Crippen LogP contribution in [0.3, 0.4) is 0 Å². The summed E-state index contributed by atoms with van der Waals surface area (Å²) in [6.45, 7) is 12.3. The molecule has 1 amide bonds. The van der Waals surface area contributed by atoms with Gasteiger partial charge >= 0.3 is 0 Å². The summed E-state index contributed by atoms with van der Waals surface area (Å²) in [6, 6.07) is 11.9. The van der Waals surface area contributed by atoms with Crippen molar-refractivity contribution in [3.05, 3.63) is 54.4 Å². The molecule has 0 bridgehead atoms. The number of carbonyl (C=O) groups is 1. The van der Waals surface area contributed by atoms with E-state index in [0.717, 1.165) is 37.7 Å². The Kier molecular flexibility index (Phi) is 6.29. The molecule has 0 spiro atoms. The first-order valence-electron chi connectivity index (χ1n) is 9.97. The fourth-order valence-corrected chi connectivity index (χ4v) is 3.56. The minimum absolute atomic E-state index is 0.151. The van der Waals surface area contributed by atoms with Gasteiger partial charge < -0.3 is 9.80 Å². The van der Waals surface area contributed by atoms with Crippen LogP contribution in [0.4, 0.5) is 5.95 Å². The van der Waals surface area contributed by atoms with Gasteiger partial charge in [0.25, 0.3) is 0 Å². The zero-order valence-electron chi connectivity index (χ0n) is 17.4. The Morgan fingerprint density at radius 1 is 1.04 bits per heavy atom. The van der Waals surface area contributed by atoms with Crippen LogP contribution < -0.4 is 4.90 Å². The maximum atomic E-state index is 13.4. The van der Waals surface area contributed by atoms with Gasteiger partial charge in [0.1, 0.15) is 0 Å². The molecular weight excluding hydrogens is 350 g/mol. The van der Waals surface area contributed by atoms with Crippen LogP contribution in [0.15, 0.2) is 48.8 Å². The number of aromatic nitrogens is 2. The summed E-state index contributed by atoms with van der Waals surface area (Å²) >= 11 is 0. The highest BCUT2D eigenvalue weighted by Gasteiger charge is 2.34. The van der Waals surface area contributed by atoms with Crippen molar-refractivity contribution in [3.8, 4) is 0 Å². The van der Waals surface area contributed by atoms with Crippen molar-refractivity contribution >= 4 is 11.9 Å². The molecule has 3 rings (SSSR count). The quantitative estimate of drug-likeness (QED) is 0.797. The molecule has 1 fully saturated rings. The maximum Gasteiger partial charge on any atom is 0.240 e. The molecule has 1 aromatic heterocycles. The number of rotatable bonds is 5. The minimum atomic E-state index is -0.235. The number of nitrogens with zero attached hydrogens (tertiary/aromatic N) is 5. The Labute approximate surface area is 168 Å². The second-order valence-corrected chi connectivity index (χ2v) is 8.33. The largest absolute Gasteiger partial charge is 0.338 e. The van der Waals surface area contributed by atoms with Gasteiger partial charge in [-0.25, -0.2) is 9.97 Å². The smallest absolute Gasteiger partial charge is 0.240 e. The topological polar surface area (TPSA) is 52.6 Å². The molecule has 150 valence electrons. The maximum absolute atomic E-state index is 13.4. The molecule has 28 heavy (non-hydrogen) atoms. The monoisotopic (exact) mass is 381 g/mol. The molecule has 6 nitrogen and oxygen atoms in total. The van der Waals surface area contributed by atoms with Crippen molar-refractivity contribution < 1.29 is 4.79 Å². The predicted molar refractivity (Wildman–Crippen MR) is 112 cm³/mol. The van der Waals surface area contributed by atoms with E-state index in [1.54, 1.807) is 12.4 Å². The highest BCUT2D eigenvalue weighted by Crippen LogP contribution is 2.21. The van der Waals surface area contributed by atoms with E-state index in [0.29, 0.717) is 6.54 Å². The molecule has 0 aliphatic carbocycles. The van der Waals surface area contributed by atoms with Gasteiger partial charge in [-0.1, -0.05) is 30.3 Å². The van der Waals surface area contributed by atoms with Crippen LogP contribution in [0.1, 0.15) is 33.3 Å². The van der Waals surface area contributed by atoms with Crippen LogP contribution in [0.25, 0.3) is 0 Å². The van der Waals surface area contributed by atoms with Gasteiger partial charge in [0.15, 0.2) is 0 Å². The van der Waals surface area contributed by atoms with E-state index in [4.69, 9.17) is 0 Å². The molecule has 0 N–H and O–H groups in total. The average Bonchev–Trinajstić information content (AvgIpc) is 2.72. The lowest BCUT2D eigenvalue weighted by Gasteiger charge is -2.42. The molecular formula is C22H31N5O. The van der Waals surface area contributed by atoms with Crippen LogP contribution in [0.5, 0.6) is 0 Å². The lowest BCUT2D eigenvalue weighted by Crippen LogP contribution is -2.57. The Bertz CT molecular complexity index is 752. The molecule has 2 aromatic rings. The second-order valence-electron chi connectivity index (χ2n) is 8.33. The molecule has 6 heteroatoms. The summed E-state index contributed by atoms with van der Waals surface area (Å²) in [5, 5.41) is 0. The second kappa shape index (κ2) is 8.69. The van der Waals surface area contributed by atoms with Crippen molar-refractivity contribution in [2.45, 2.75) is 45.8 Å². The molecule has 1 aliphatic heterocycles. The third-order valence-corrected chi connectivity index (χ3v) is 5.31. The van der Waals surface area contributed by atoms with Gasteiger partial charge in [-0.3, -0.25) is 9.69 Å². The summed E-state index contributed by atoms with van der Waals surface area (Å²) in [4.78, 5) is 28.5. The van der Waals surface area contributed by atoms with Crippen molar-refractivity contribution in [1.82, 2.24) is 19.8 Å². The van der Waals surface area contributed by atoms with Crippen LogP contribution in [0, 0.1) is 0 Å². The van der Waals surface area contributed by atoms with E-state index in [2.05, 4.69) is 52.7 Å². The van der Waals surface area contributed by atoms with E-state index in [1.165, 1.54) is 0 Å². The van der Waals surface area contributed by atoms with E-state index in [1.807, 2.05) is 36.1 Å². The predicted octanol–water partition coefficient (Wildman–Crippen LogP) is 2.81. The molecule has 0 radical (unpaired) electrons. The lowest BCUT2D eigenvalue weighted by molar-refractivity contribution is -0.142. The van der Waals surface area contributed by atoms with E-state index in [9.17, 15) is 4.79 Å². The summed E-state index contributed by atoms with van der Waals surface area (Å²) in [6.07, 6.45) is 3.54. The first-order valence-corrected chi connectivity index (χ1v) is 9.97. The van der Waals surface area contributed by atoms with Crippen LogP contribution in [0.2, 0.25) is 0 Å². The fourth-order valence-electron chi connectivity index (χ4n) is 3.56. The molecule has 1 aromatic carbocycles. The van der Waals surface area contributed by atoms with Gasteiger partial charge in [-0.2, -0.15) is 0 Å². The zero-order valence-corrected chi connectivity index (χ0v) is 17.4. The number of benzene rings is 1. The number of carbonyl (C=O) groups excluding carboxylic acids is 1. The highest BCUT2D eigenvalue weighted by molar-refractivity contribution is 5.82. The van der Waals surface area contributed by atoms with E-state index in [-0.39, 0.29) is 17.5 Å². The summed E-state index contributed by atoms with van der Waals surface area (Å²) < 4.78 is 0. The minimum Gasteiger partial charge on any atom is -0.338 e. The van der Waals surface area contributed by atoms with Crippen molar-refractivity contribution in [2.75, 3.05) is 31.1 Å². The summed E-state index contributed by atoms with van der Waals surface area (Å²) in [5.74, 6) is 0.947. The average molecular weight is 382 g/mol. The van der Waals surface area contributed by atoms with Gasteiger partial charge in [-0.05, 0) is 39.3 Å². The Morgan fingerprint density at radius 2 is 1.64 bits per heavy atom. The molecule has 0 saturated carbocycles. The van der Waals surface area contributed by atoms with Crippen LogP contribution in [-0.2, 0) is 11.3 Å². The molecule has 0 unspecified atom stereocenters. The summed E-state index contributed by atoms with van der Waals surface area (Å²) in [5.41, 5.74) is 0.921. The van der Waals surface area contributed by atoms with Crippen molar-refractivity contribution in [1.29, 1.82) is 0 Å². The molecule has 1 aliphatic rings. The van der Waals surface area contributed by atoms with E-state index < -0.39 is 0 Å². The zero-order chi connectivity index (χ0) is 20.1. The number of hydrogen-bond donors (Lipinski definition) is 0. The number of hydrogen-bond acceptors (Lipinski definition) is 5. The third-order valence-electron chi connectivity index (χ3n) is 5.31. The standard InChI is InChI=1S/C22H31N5O/c1-18(25-13-15-26(16-14-25)21-23-11-8-12-24-21)20(28)27(22(2,3)4)17-19-9-6-5-7-10-19/h5-12,18H,13-17H2,1-4H3/t18-/m0/s1. The Hall–Kier alpha value is -2.47. The summed E-state index contributed by atoms with van der Waals surface area (Å²) in [7, 11) is 0. The lowest BCUT2D eigenvalue weighted by atomic mass is 10.0. The first kappa shape index (κ1) is 20.3. The van der Waals surface area contributed by atoms with Crippen LogP contribution in [-0.4, -0.2) is 63.4 Å². The molecule has 1 atom stereocenters. The normalized spacial score (nSPS) is 16.6. The number of amides is 1. The number of piperazine rings is 1. The molecule has 1 saturated heterocycles. The van der Waals surface area contributed by atoms with Gasteiger partial charge in [0.05, 0.1) is 6.04 Å². The third kappa shape index (κ3) is 4.87. The Balaban J connectivity index is 1.65. The highest BCUT2D eigenvalue weighted by atomic mass is 16.2. The van der Waals surface area contributed by atoms with Crippen molar-refractivity contribution in [2.24, 2.45) is 0 Å². The fraction of sp³-hybridized carbons (Fsp3) is 0.500. The van der Waals surface area contributed by atoms with Gasteiger partial charge in [0, 0.05) is 50.7 Å². The SMILES string of the molecule is C[C@@H](C(=O)N(Cc1ccccc1)C(C)(C)C)N1CCN(c2ncccn2)CC1. The van der Waals surface area contributed by atoms with Gasteiger partial charge in [-0.15, -0.1) is 0 Å². The van der Waals surface area contributed by atoms with Gasteiger partial charge in [0.2, 0.25) is 11.9 Å².